The van der Waals surface area contributed by atoms with Crippen molar-refractivity contribution in [1.82, 2.24) is 9.88 Å². The van der Waals surface area contributed by atoms with Gasteiger partial charge in [0.2, 0.25) is 0 Å². The second-order valence-electron chi connectivity index (χ2n) is 5.04. The molecular weight excluding hydrogens is 242 g/mol. The Kier molecular flexibility index (Phi) is 5.58. The topological polar surface area (TPSA) is 67.0 Å². The first-order valence-electron chi connectivity index (χ1n) is 6.34. The standard InChI is InChI=1S/C14H21N3O2/c1-10(2)5-13(14(18)19-4)16-8-11-6-12(7-15)17(3)9-11/h6,9-10,13,16H,5,8H2,1-4H3. The molecule has 0 spiro atoms. The number of ether oxygens (including phenoxy) is 1. The average molecular weight is 263 g/mol. The molecule has 1 atom stereocenters. The lowest BCUT2D eigenvalue weighted by Gasteiger charge is -2.17. The van der Waals surface area contributed by atoms with E-state index < -0.39 is 0 Å². The van der Waals surface area contributed by atoms with Crippen LogP contribution < -0.4 is 5.32 Å². The maximum absolute atomic E-state index is 11.7. The van der Waals surface area contributed by atoms with Crippen molar-refractivity contribution in [3.63, 3.8) is 0 Å². The second-order valence-corrected chi connectivity index (χ2v) is 5.04. The predicted molar refractivity (Wildman–Crippen MR) is 72.2 cm³/mol. The van der Waals surface area contributed by atoms with E-state index in [4.69, 9.17) is 10.00 Å². The molecule has 5 heteroatoms. The fourth-order valence-electron chi connectivity index (χ4n) is 1.96. The van der Waals surface area contributed by atoms with Crippen molar-refractivity contribution in [3.8, 4) is 6.07 Å². The molecule has 0 radical (unpaired) electrons. The van der Waals surface area contributed by atoms with Crippen LogP contribution in [0.25, 0.3) is 0 Å². The summed E-state index contributed by atoms with van der Waals surface area (Å²) in [7, 11) is 3.22. The lowest BCUT2D eigenvalue weighted by Crippen LogP contribution is -2.38. The van der Waals surface area contributed by atoms with Crippen LogP contribution >= 0.6 is 0 Å². The molecule has 1 unspecified atom stereocenters. The molecule has 104 valence electrons. The number of carbonyl (C=O) groups excluding carboxylic acids is 1. The van der Waals surface area contributed by atoms with Crippen LogP contribution in [0.3, 0.4) is 0 Å². The number of hydrogen-bond donors (Lipinski definition) is 1. The summed E-state index contributed by atoms with van der Waals surface area (Å²) in [6.45, 7) is 4.67. The van der Waals surface area contributed by atoms with Gasteiger partial charge in [0.1, 0.15) is 17.8 Å². The van der Waals surface area contributed by atoms with E-state index in [1.165, 1.54) is 7.11 Å². The molecule has 1 rings (SSSR count). The third-order valence-electron chi connectivity index (χ3n) is 2.92. The van der Waals surface area contributed by atoms with Crippen molar-refractivity contribution in [1.29, 1.82) is 5.26 Å². The lowest BCUT2D eigenvalue weighted by molar-refractivity contribution is -0.143. The van der Waals surface area contributed by atoms with Gasteiger partial charge in [0.05, 0.1) is 7.11 Å². The molecule has 0 aliphatic rings. The molecule has 1 aromatic rings. The zero-order valence-corrected chi connectivity index (χ0v) is 11.9. The molecule has 1 N–H and O–H groups in total. The Morgan fingerprint density at radius 3 is 2.74 bits per heavy atom. The fraction of sp³-hybridized carbons (Fsp3) is 0.571. The molecule has 19 heavy (non-hydrogen) atoms. The maximum Gasteiger partial charge on any atom is 0.322 e. The van der Waals surface area contributed by atoms with Crippen molar-refractivity contribution in [2.75, 3.05) is 7.11 Å². The number of nitrogens with zero attached hydrogens (tertiary/aromatic N) is 2. The zero-order chi connectivity index (χ0) is 14.4. The molecule has 0 aliphatic carbocycles. The summed E-state index contributed by atoms with van der Waals surface area (Å²) < 4.78 is 6.56. The summed E-state index contributed by atoms with van der Waals surface area (Å²) in [5, 5.41) is 12.1. The number of nitrogens with one attached hydrogen (secondary N) is 1. The summed E-state index contributed by atoms with van der Waals surface area (Å²) in [5.41, 5.74) is 1.59. The smallest absolute Gasteiger partial charge is 0.322 e. The Morgan fingerprint density at radius 2 is 2.26 bits per heavy atom. The van der Waals surface area contributed by atoms with E-state index in [1.807, 2.05) is 19.3 Å². The Balaban J connectivity index is 2.65. The van der Waals surface area contributed by atoms with Gasteiger partial charge in [-0.1, -0.05) is 13.8 Å². The summed E-state index contributed by atoms with van der Waals surface area (Å²) >= 11 is 0. The number of esters is 1. The van der Waals surface area contributed by atoms with Crippen LogP contribution in [0.15, 0.2) is 12.3 Å². The first-order valence-corrected chi connectivity index (χ1v) is 6.34. The second kappa shape index (κ2) is 6.95. The fourth-order valence-corrected chi connectivity index (χ4v) is 1.96. The first-order chi connectivity index (χ1) is 8.97. The van der Waals surface area contributed by atoms with Crippen molar-refractivity contribution < 1.29 is 9.53 Å². The van der Waals surface area contributed by atoms with Gasteiger partial charge < -0.3 is 14.6 Å². The predicted octanol–water partition coefficient (Wildman–Crippen LogP) is 1.57. The third-order valence-corrected chi connectivity index (χ3v) is 2.92. The van der Waals surface area contributed by atoms with Gasteiger partial charge in [-0.2, -0.15) is 5.26 Å². The zero-order valence-electron chi connectivity index (χ0n) is 11.9. The quantitative estimate of drug-likeness (QED) is 0.791. The molecule has 0 amide bonds. The monoisotopic (exact) mass is 263 g/mol. The van der Waals surface area contributed by atoms with Crippen molar-refractivity contribution in [2.24, 2.45) is 13.0 Å². The minimum absolute atomic E-state index is 0.245. The number of aryl methyl sites for hydroxylation is 1. The average Bonchev–Trinajstić information content (AvgIpc) is 2.73. The Labute approximate surface area is 114 Å². The molecular formula is C14H21N3O2. The Bertz CT molecular complexity index is 472. The molecule has 1 aromatic heterocycles. The van der Waals surface area contributed by atoms with Crippen LogP contribution in [0, 0.1) is 17.2 Å². The van der Waals surface area contributed by atoms with Crippen LogP contribution in [0.5, 0.6) is 0 Å². The molecule has 0 fully saturated rings. The summed E-state index contributed by atoms with van der Waals surface area (Å²) in [6, 6.07) is 3.62. The molecule has 0 saturated carbocycles. The number of rotatable bonds is 6. The minimum atomic E-state index is -0.309. The van der Waals surface area contributed by atoms with Crippen molar-refractivity contribution >= 4 is 5.97 Å². The normalized spacial score (nSPS) is 12.2. The number of hydrogen-bond acceptors (Lipinski definition) is 4. The summed E-state index contributed by atoms with van der Waals surface area (Å²) in [5.74, 6) is 0.159. The van der Waals surface area contributed by atoms with Crippen molar-refractivity contribution in [3.05, 3.63) is 23.5 Å². The summed E-state index contributed by atoms with van der Waals surface area (Å²) in [4.78, 5) is 11.7. The van der Waals surface area contributed by atoms with E-state index in [-0.39, 0.29) is 12.0 Å². The lowest BCUT2D eigenvalue weighted by atomic mass is 10.0. The highest BCUT2D eigenvalue weighted by molar-refractivity contribution is 5.75. The van der Waals surface area contributed by atoms with Gasteiger partial charge in [-0.05, 0) is 24.0 Å². The van der Waals surface area contributed by atoms with Gasteiger partial charge in [0.15, 0.2) is 0 Å². The van der Waals surface area contributed by atoms with E-state index in [9.17, 15) is 4.79 Å². The SMILES string of the molecule is COC(=O)C(CC(C)C)NCc1cc(C#N)n(C)c1. The van der Waals surface area contributed by atoms with Crippen LogP contribution in [0.4, 0.5) is 0 Å². The van der Waals surface area contributed by atoms with E-state index in [1.54, 1.807) is 4.57 Å². The van der Waals surface area contributed by atoms with Gasteiger partial charge in [-0.3, -0.25) is 4.79 Å². The van der Waals surface area contributed by atoms with Gasteiger partial charge in [0, 0.05) is 19.8 Å². The van der Waals surface area contributed by atoms with E-state index in [0.717, 1.165) is 12.0 Å². The van der Waals surface area contributed by atoms with Gasteiger partial charge in [-0.15, -0.1) is 0 Å². The number of nitriles is 1. The van der Waals surface area contributed by atoms with E-state index in [2.05, 4.69) is 25.2 Å². The van der Waals surface area contributed by atoms with E-state index in [0.29, 0.717) is 18.2 Å². The van der Waals surface area contributed by atoms with Crippen molar-refractivity contribution in [2.45, 2.75) is 32.9 Å². The number of methoxy groups -OCH3 is 1. The molecule has 0 aliphatic heterocycles. The number of aromatic nitrogens is 1. The van der Waals surface area contributed by atoms with Crippen LogP contribution in [-0.4, -0.2) is 23.7 Å². The highest BCUT2D eigenvalue weighted by Crippen LogP contribution is 2.09. The minimum Gasteiger partial charge on any atom is -0.468 e. The molecule has 1 heterocycles. The molecule has 0 aromatic carbocycles. The Hall–Kier alpha value is -1.80. The van der Waals surface area contributed by atoms with Crippen LogP contribution in [-0.2, 0) is 23.1 Å². The summed E-state index contributed by atoms with van der Waals surface area (Å²) in [6.07, 6.45) is 2.61. The Morgan fingerprint density at radius 1 is 1.58 bits per heavy atom. The highest BCUT2D eigenvalue weighted by atomic mass is 16.5. The molecule has 5 nitrogen and oxygen atoms in total. The van der Waals surface area contributed by atoms with Gasteiger partial charge in [-0.25, -0.2) is 0 Å². The largest absolute Gasteiger partial charge is 0.468 e. The van der Waals surface area contributed by atoms with Gasteiger partial charge in [0.25, 0.3) is 0 Å². The highest BCUT2D eigenvalue weighted by Gasteiger charge is 2.19. The van der Waals surface area contributed by atoms with Gasteiger partial charge >= 0.3 is 5.97 Å². The maximum atomic E-state index is 11.7. The molecule has 0 saturated heterocycles. The first kappa shape index (κ1) is 15.3. The number of carbonyl (C=O) groups is 1. The third kappa shape index (κ3) is 4.42. The van der Waals surface area contributed by atoms with E-state index >= 15 is 0 Å². The van der Waals surface area contributed by atoms with Crippen LogP contribution in [0.2, 0.25) is 0 Å². The van der Waals surface area contributed by atoms with Crippen LogP contribution in [0.1, 0.15) is 31.5 Å². The molecule has 0 bridgehead atoms.